The van der Waals surface area contributed by atoms with E-state index in [4.69, 9.17) is 0 Å². The monoisotopic (exact) mass is 690 g/mol. The Balaban J connectivity index is 1.05. The van der Waals surface area contributed by atoms with Crippen molar-refractivity contribution in [3.8, 4) is 22.5 Å². The van der Waals surface area contributed by atoms with Gasteiger partial charge in [-0.3, -0.25) is 4.98 Å². The third-order valence-corrected chi connectivity index (χ3v) is 11.0. The van der Waals surface area contributed by atoms with Gasteiger partial charge in [0.1, 0.15) is 0 Å². The van der Waals surface area contributed by atoms with Crippen molar-refractivity contribution >= 4 is 60.9 Å². The van der Waals surface area contributed by atoms with Crippen LogP contribution >= 0.6 is 0 Å². The van der Waals surface area contributed by atoms with E-state index in [1.54, 1.807) is 0 Å². The van der Waals surface area contributed by atoms with E-state index in [2.05, 4.69) is 195 Å². The van der Waals surface area contributed by atoms with E-state index < -0.39 is 0 Å². The Morgan fingerprint density at radius 2 is 1.09 bits per heavy atom. The van der Waals surface area contributed by atoms with Crippen LogP contribution in [0, 0.1) is 0 Å². The molecule has 1 unspecified atom stereocenters. The number of rotatable bonds is 5. The van der Waals surface area contributed by atoms with Crippen LogP contribution in [-0.4, -0.2) is 14.1 Å². The van der Waals surface area contributed by atoms with Crippen LogP contribution < -0.4 is 5.32 Å². The zero-order valence-corrected chi connectivity index (χ0v) is 29.4. The molecule has 0 radical (unpaired) electrons. The number of anilines is 1. The highest BCUT2D eigenvalue weighted by atomic mass is 15.0. The molecule has 0 saturated carbocycles. The SMILES string of the molecule is C1=C(c2ccccc2)C(c2ccccc2)Nc2cc(-n3c4ccccc4c4cc(-c5ccc6c7ccccc7n(-c7cccnc7)c6c5)ccc43)ccc21. The molecule has 1 aliphatic rings. The number of nitrogens with one attached hydrogen (secondary N) is 1. The van der Waals surface area contributed by atoms with Gasteiger partial charge in [-0.1, -0.05) is 121 Å². The Bertz CT molecular complexity index is 3060. The molecule has 11 rings (SSSR count). The molecule has 0 aliphatic carbocycles. The number of fused-ring (bicyclic) bond motifs is 7. The number of benzene rings is 7. The molecular formula is C50H34N4. The molecule has 1 atom stereocenters. The van der Waals surface area contributed by atoms with Gasteiger partial charge in [-0.25, -0.2) is 0 Å². The van der Waals surface area contributed by atoms with Crippen molar-refractivity contribution < 1.29 is 0 Å². The van der Waals surface area contributed by atoms with E-state index in [-0.39, 0.29) is 6.04 Å². The minimum atomic E-state index is 0.0336. The molecule has 254 valence electrons. The maximum Gasteiger partial charge on any atom is 0.0773 e. The summed E-state index contributed by atoms with van der Waals surface area (Å²) in [5, 5.41) is 8.88. The zero-order chi connectivity index (χ0) is 35.6. The van der Waals surface area contributed by atoms with Gasteiger partial charge >= 0.3 is 0 Å². The molecule has 0 bridgehead atoms. The largest absolute Gasteiger partial charge is 0.374 e. The maximum absolute atomic E-state index is 4.45. The Kier molecular flexibility index (Phi) is 6.89. The summed E-state index contributed by atoms with van der Waals surface area (Å²) >= 11 is 0. The minimum Gasteiger partial charge on any atom is -0.374 e. The Labute approximate surface area is 312 Å². The fourth-order valence-corrected chi connectivity index (χ4v) is 8.55. The normalized spacial score (nSPS) is 14.0. The van der Waals surface area contributed by atoms with Gasteiger partial charge in [0.25, 0.3) is 0 Å². The second kappa shape index (κ2) is 12.2. The van der Waals surface area contributed by atoms with Gasteiger partial charge in [0.2, 0.25) is 0 Å². The third-order valence-electron chi connectivity index (χ3n) is 11.0. The average Bonchev–Trinajstić information content (AvgIpc) is 3.76. The first kappa shape index (κ1) is 30.5. The zero-order valence-electron chi connectivity index (χ0n) is 29.4. The fourth-order valence-electron chi connectivity index (χ4n) is 8.55. The predicted molar refractivity (Wildman–Crippen MR) is 225 cm³/mol. The molecule has 4 nitrogen and oxygen atoms in total. The summed E-state index contributed by atoms with van der Waals surface area (Å²) in [4.78, 5) is 4.45. The van der Waals surface area contributed by atoms with Crippen LogP contribution in [-0.2, 0) is 0 Å². The second-order valence-electron chi connectivity index (χ2n) is 14.1. The van der Waals surface area contributed by atoms with Crippen molar-refractivity contribution in [3.05, 3.63) is 205 Å². The average molecular weight is 691 g/mol. The molecule has 7 aromatic carbocycles. The van der Waals surface area contributed by atoms with Crippen molar-refractivity contribution in [1.29, 1.82) is 0 Å². The summed E-state index contributed by atoms with van der Waals surface area (Å²) in [6, 6.07) is 63.6. The first-order valence-electron chi connectivity index (χ1n) is 18.5. The van der Waals surface area contributed by atoms with Crippen molar-refractivity contribution in [2.75, 3.05) is 5.32 Å². The van der Waals surface area contributed by atoms with Crippen molar-refractivity contribution in [2.24, 2.45) is 0 Å². The Morgan fingerprint density at radius 3 is 1.87 bits per heavy atom. The summed E-state index contributed by atoms with van der Waals surface area (Å²) in [6.07, 6.45) is 6.12. The third kappa shape index (κ3) is 4.81. The molecule has 0 saturated heterocycles. The summed E-state index contributed by atoms with van der Waals surface area (Å²) in [6.45, 7) is 0. The van der Waals surface area contributed by atoms with Crippen LogP contribution in [0.3, 0.4) is 0 Å². The number of hydrogen-bond acceptors (Lipinski definition) is 2. The highest BCUT2D eigenvalue weighted by Crippen LogP contribution is 2.43. The van der Waals surface area contributed by atoms with E-state index >= 15 is 0 Å². The summed E-state index contributed by atoms with van der Waals surface area (Å²) in [5.74, 6) is 0. The first-order chi connectivity index (χ1) is 26.8. The molecule has 0 fully saturated rings. The van der Waals surface area contributed by atoms with Crippen molar-refractivity contribution in [3.63, 3.8) is 0 Å². The number of para-hydroxylation sites is 2. The molecule has 10 aromatic rings. The van der Waals surface area contributed by atoms with E-state index in [1.165, 1.54) is 77.0 Å². The highest BCUT2D eigenvalue weighted by molar-refractivity contribution is 6.12. The van der Waals surface area contributed by atoms with Crippen LogP contribution in [0.15, 0.2) is 188 Å². The lowest BCUT2D eigenvalue weighted by atomic mass is 9.88. The van der Waals surface area contributed by atoms with Crippen LogP contribution in [0.2, 0.25) is 0 Å². The minimum absolute atomic E-state index is 0.0336. The summed E-state index contributed by atoms with van der Waals surface area (Å²) < 4.78 is 4.74. The lowest BCUT2D eigenvalue weighted by Crippen LogP contribution is -2.17. The van der Waals surface area contributed by atoms with E-state index in [9.17, 15) is 0 Å². The van der Waals surface area contributed by atoms with Gasteiger partial charge in [-0.2, -0.15) is 0 Å². The Hall–Kier alpha value is -7.17. The van der Waals surface area contributed by atoms with Gasteiger partial charge in [-0.05, 0) is 94.1 Å². The van der Waals surface area contributed by atoms with Gasteiger partial charge in [0, 0.05) is 39.1 Å². The lowest BCUT2D eigenvalue weighted by molar-refractivity contribution is 0.997. The number of hydrogen-bond donors (Lipinski definition) is 1. The van der Waals surface area contributed by atoms with Gasteiger partial charge in [0.05, 0.1) is 40.0 Å². The molecule has 0 amide bonds. The molecular weight excluding hydrogens is 657 g/mol. The van der Waals surface area contributed by atoms with Crippen molar-refractivity contribution in [1.82, 2.24) is 14.1 Å². The van der Waals surface area contributed by atoms with Crippen LogP contribution in [0.25, 0.3) is 77.8 Å². The topological polar surface area (TPSA) is 34.8 Å². The highest BCUT2D eigenvalue weighted by Gasteiger charge is 2.24. The van der Waals surface area contributed by atoms with E-state index in [0.717, 1.165) is 17.1 Å². The van der Waals surface area contributed by atoms with Gasteiger partial charge in [0.15, 0.2) is 0 Å². The van der Waals surface area contributed by atoms with E-state index in [0.29, 0.717) is 0 Å². The van der Waals surface area contributed by atoms with Crippen molar-refractivity contribution in [2.45, 2.75) is 6.04 Å². The number of aromatic nitrogens is 3. The van der Waals surface area contributed by atoms with Crippen LogP contribution in [0.1, 0.15) is 22.7 Å². The number of nitrogens with zero attached hydrogens (tertiary/aromatic N) is 3. The Morgan fingerprint density at radius 1 is 0.444 bits per heavy atom. The molecule has 4 heterocycles. The van der Waals surface area contributed by atoms with Crippen LogP contribution in [0.4, 0.5) is 5.69 Å². The van der Waals surface area contributed by atoms with Crippen LogP contribution in [0.5, 0.6) is 0 Å². The quantitative estimate of drug-likeness (QED) is 0.195. The lowest BCUT2D eigenvalue weighted by Gasteiger charge is -2.30. The smallest absolute Gasteiger partial charge is 0.0773 e. The second-order valence-corrected chi connectivity index (χ2v) is 14.1. The molecule has 3 aromatic heterocycles. The van der Waals surface area contributed by atoms with Gasteiger partial charge in [-0.15, -0.1) is 0 Å². The molecule has 4 heteroatoms. The summed E-state index contributed by atoms with van der Waals surface area (Å²) in [7, 11) is 0. The fraction of sp³-hybridized carbons (Fsp3) is 0.0200. The standard InChI is InChI=1S/C50H34N4/c1-3-12-33(13-4-1)43-29-37-21-24-38(31-45(37)52-50(43)34-14-5-2-6-15-34)53-47-20-10-8-18-41(47)44-28-35(23-26-48(44)53)36-22-25-42-40-17-7-9-19-46(40)54(49(42)30-36)39-16-11-27-51-32-39/h1-32,50,52H. The maximum atomic E-state index is 4.45. The predicted octanol–water partition coefficient (Wildman–Crippen LogP) is 12.7. The van der Waals surface area contributed by atoms with Gasteiger partial charge < -0.3 is 14.5 Å². The molecule has 1 aliphatic heterocycles. The first-order valence-corrected chi connectivity index (χ1v) is 18.5. The molecule has 54 heavy (non-hydrogen) atoms. The van der Waals surface area contributed by atoms with E-state index in [1.807, 2.05) is 18.5 Å². The molecule has 1 N–H and O–H groups in total. The molecule has 0 spiro atoms. The number of pyridine rings is 1. The summed E-state index contributed by atoms with van der Waals surface area (Å²) in [5.41, 5.74) is 15.3.